The molecule has 122 valence electrons. The zero-order valence-corrected chi connectivity index (χ0v) is 13.6. The van der Waals surface area contributed by atoms with Crippen molar-refractivity contribution in [2.75, 3.05) is 0 Å². The van der Waals surface area contributed by atoms with Crippen LogP contribution in [0.2, 0.25) is 0 Å². The van der Waals surface area contributed by atoms with Crippen molar-refractivity contribution < 1.29 is 4.79 Å². The number of aromatic nitrogens is 2. The summed E-state index contributed by atoms with van der Waals surface area (Å²) in [5, 5.41) is 0. The van der Waals surface area contributed by atoms with Crippen LogP contribution >= 0.6 is 0 Å². The Hall–Kier alpha value is -3.33. The molecule has 0 bridgehead atoms. The molecular weight excluding hydrogens is 309 g/mol. The van der Waals surface area contributed by atoms with Crippen molar-refractivity contribution in [1.29, 1.82) is 0 Å². The van der Waals surface area contributed by atoms with Crippen LogP contribution < -0.4 is 0 Å². The van der Waals surface area contributed by atoms with E-state index in [-0.39, 0.29) is 11.7 Å². The summed E-state index contributed by atoms with van der Waals surface area (Å²) in [5.41, 5.74) is 4.55. The molecule has 0 spiro atoms. The maximum absolute atomic E-state index is 12.7. The zero-order valence-electron chi connectivity index (χ0n) is 13.6. The maximum atomic E-state index is 12.7. The Kier molecular flexibility index (Phi) is 4.05. The van der Waals surface area contributed by atoms with E-state index in [0.29, 0.717) is 11.3 Å². The standard InChI is InChI=1S/C22H18N2O/c25-22(17-10-5-2-6-11-17)20-14-13-19(24-20)21(18-12-7-15-23-18)16-8-3-1-4-9-16/h1-15,21,23-24H/i22+1. The highest BCUT2D eigenvalue weighted by atomic mass is 16.2. The van der Waals surface area contributed by atoms with Crippen molar-refractivity contribution in [3.05, 3.63) is 119 Å². The molecule has 0 amide bonds. The minimum atomic E-state index is 0.00477. The number of hydrogen-bond donors (Lipinski definition) is 2. The molecule has 2 aromatic heterocycles. The summed E-state index contributed by atoms with van der Waals surface area (Å²) < 4.78 is 0. The third-order valence-electron chi connectivity index (χ3n) is 4.37. The molecule has 1 unspecified atom stereocenters. The molecule has 1 atom stereocenters. The van der Waals surface area contributed by atoms with Gasteiger partial charge in [-0.15, -0.1) is 0 Å². The lowest BCUT2D eigenvalue weighted by Gasteiger charge is -2.15. The molecule has 2 heterocycles. The second-order valence-electron chi connectivity index (χ2n) is 5.99. The summed E-state index contributed by atoms with van der Waals surface area (Å²) >= 11 is 0. The largest absolute Gasteiger partial charge is 0.364 e. The van der Waals surface area contributed by atoms with Crippen molar-refractivity contribution in [1.82, 2.24) is 9.97 Å². The van der Waals surface area contributed by atoms with Gasteiger partial charge in [-0.2, -0.15) is 0 Å². The molecular formula is C22H18N2O. The molecule has 0 saturated heterocycles. The van der Waals surface area contributed by atoms with E-state index in [1.54, 1.807) is 0 Å². The van der Waals surface area contributed by atoms with Crippen molar-refractivity contribution in [3.8, 4) is 0 Å². The van der Waals surface area contributed by atoms with Gasteiger partial charge < -0.3 is 9.97 Å². The Morgan fingerprint density at radius 1 is 0.720 bits per heavy atom. The Labute approximate surface area is 146 Å². The van der Waals surface area contributed by atoms with Crippen molar-refractivity contribution in [3.63, 3.8) is 0 Å². The highest BCUT2D eigenvalue weighted by molar-refractivity contribution is 6.07. The fourth-order valence-electron chi connectivity index (χ4n) is 3.15. The molecule has 3 nitrogen and oxygen atoms in total. The van der Waals surface area contributed by atoms with Crippen molar-refractivity contribution >= 4 is 5.78 Å². The summed E-state index contributed by atoms with van der Waals surface area (Å²) in [6.45, 7) is 0. The Bertz CT molecular complexity index is 954. The fourth-order valence-corrected chi connectivity index (χ4v) is 3.15. The predicted octanol–water partition coefficient (Wildman–Crippen LogP) is 4.75. The number of hydrogen-bond acceptors (Lipinski definition) is 1. The molecule has 2 N–H and O–H groups in total. The maximum Gasteiger partial charge on any atom is 0.209 e. The monoisotopic (exact) mass is 327 g/mol. The molecule has 0 aliphatic heterocycles. The lowest BCUT2D eigenvalue weighted by atomic mass is 9.93. The number of nitrogens with one attached hydrogen (secondary N) is 2. The van der Waals surface area contributed by atoms with Gasteiger partial charge in [-0.3, -0.25) is 4.79 Å². The highest BCUT2D eigenvalue weighted by Crippen LogP contribution is 2.30. The molecule has 2 aromatic carbocycles. The third kappa shape index (κ3) is 3.04. The first kappa shape index (κ1) is 15.2. The van der Waals surface area contributed by atoms with Gasteiger partial charge in [0, 0.05) is 23.1 Å². The fraction of sp³-hybridized carbons (Fsp3) is 0.0455. The normalized spacial score (nSPS) is 12.0. The van der Waals surface area contributed by atoms with Gasteiger partial charge >= 0.3 is 0 Å². The van der Waals surface area contributed by atoms with Gasteiger partial charge in [0.25, 0.3) is 0 Å². The first-order chi connectivity index (χ1) is 12.3. The molecule has 3 heteroatoms. The Morgan fingerprint density at radius 3 is 2.12 bits per heavy atom. The van der Waals surface area contributed by atoms with Crippen LogP contribution in [0.4, 0.5) is 0 Å². The van der Waals surface area contributed by atoms with E-state index in [1.165, 1.54) is 5.56 Å². The minimum absolute atomic E-state index is 0.00477. The van der Waals surface area contributed by atoms with E-state index in [4.69, 9.17) is 0 Å². The minimum Gasteiger partial charge on any atom is -0.364 e. The van der Waals surface area contributed by atoms with Gasteiger partial charge in [0.15, 0.2) is 0 Å². The number of benzene rings is 2. The van der Waals surface area contributed by atoms with Crippen LogP contribution in [-0.2, 0) is 0 Å². The molecule has 25 heavy (non-hydrogen) atoms. The van der Waals surface area contributed by atoms with Gasteiger partial charge in [-0.1, -0.05) is 60.7 Å². The number of ketones is 1. The zero-order chi connectivity index (χ0) is 17.1. The lowest BCUT2D eigenvalue weighted by Crippen LogP contribution is -2.06. The number of rotatable bonds is 5. The number of aromatic amines is 2. The average molecular weight is 327 g/mol. The molecule has 0 saturated carbocycles. The number of carbonyl (C=O) groups excluding carboxylic acids is 1. The van der Waals surface area contributed by atoms with E-state index < -0.39 is 0 Å². The average Bonchev–Trinajstić information content (AvgIpc) is 3.36. The third-order valence-corrected chi connectivity index (χ3v) is 4.37. The molecule has 4 rings (SSSR count). The summed E-state index contributed by atoms with van der Waals surface area (Å²) in [6.07, 6.45) is 1.92. The molecule has 0 aliphatic rings. The van der Waals surface area contributed by atoms with Gasteiger partial charge in [0.1, 0.15) is 0 Å². The van der Waals surface area contributed by atoms with Gasteiger partial charge in [-0.05, 0) is 29.8 Å². The van der Waals surface area contributed by atoms with Crippen molar-refractivity contribution in [2.45, 2.75) is 5.92 Å². The lowest BCUT2D eigenvalue weighted by molar-refractivity contribution is 0.103. The number of H-pyrrole nitrogens is 2. The molecule has 0 radical (unpaired) electrons. The van der Waals surface area contributed by atoms with Gasteiger partial charge in [0.2, 0.25) is 5.78 Å². The smallest absolute Gasteiger partial charge is 0.209 e. The molecule has 0 aliphatic carbocycles. The molecule has 4 aromatic rings. The van der Waals surface area contributed by atoms with Crippen LogP contribution in [0, 0.1) is 0 Å². The second-order valence-corrected chi connectivity index (χ2v) is 5.99. The van der Waals surface area contributed by atoms with E-state index in [2.05, 4.69) is 28.2 Å². The van der Waals surface area contributed by atoms with E-state index in [0.717, 1.165) is 11.4 Å². The second kappa shape index (κ2) is 6.65. The van der Waals surface area contributed by atoms with Crippen LogP contribution in [0.5, 0.6) is 0 Å². The van der Waals surface area contributed by atoms with Crippen LogP contribution in [0.25, 0.3) is 0 Å². The van der Waals surface area contributed by atoms with Gasteiger partial charge in [-0.25, -0.2) is 0 Å². The Morgan fingerprint density at radius 2 is 1.44 bits per heavy atom. The number of carbonyl (C=O) groups is 1. The summed E-state index contributed by atoms with van der Waals surface area (Å²) in [5.74, 6) is 0.0404. The predicted molar refractivity (Wildman–Crippen MR) is 98.8 cm³/mol. The first-order valence-corrected chi connectivity index (χ1v) is 8.30. The van der Waals surface area contributed by atoms with Crippen LogP contribution in [-0.4, -0.2) is 15.8 Å². The highest BCUT2D eigenvalue weighted by Gasteiger charge is 2.20. The van der Waals surface area contributed by atoms with Crippen LogP contribution in [0.3, 0.4) is 0 Å². The summed E-state index contributed by atoms with van der Waals surface area (Å²) in [4.78, 5) is 19.3. The first-order valence-electron chi connectivity index (χ1n) is 8.30. The molecule has 0 fully saturated rings. The summed E-state index contributed by atoms with van der Waals surface area (Å²) in [7, 11) is 0. The van der Waals surface area contributed by atoms with Crippen LogP contribution in [0.1, 0.15) is 38.9 Å². The van der Waals surface area contributed by atoms with Crippen LogP contribution in [0.15, 0.2) is 91.1 Å². The SMILES string of the molecule is O=[13C](c1ccccc1)c1ccc(C(c2ccccc2)c2ccc[nH]2)[nH]1. The van der Waals surface area contributed by atoms with E-state index in [1.807, 2.05) is 72.9 Å². The topological polar surface area (TPSA) is 48.6 Å². The van der Waals surface area contributed by atoms with Crippen molar-refractivity contribution in [2.24, 2.45) is 0 Å². The van der Waals surface area contributed by atoms with E-state index in [9.17, 15) is 4.79 Å². The quantitative estimate of drug-likeness (QED) is 0.403. The summed E-state index contributed by atoms with van der Waals surface area (Å²) in [6, 6.07) is 27.5. The van der Waals surface area contributed by atoms with E-state index >= 15 is 0 Å². The van der Waals surface area contributed by atoms with Gasteiger partial charge in [0.05, 0.1) is 11.6 Å². The Balaban J connectivity index is 1.72.